The van der Waals surface area contributed by atoms with E-state index in [1.165, 1.54) is 18.9 Å². The van der Waals surface area contributed by atoms with Crippen LogP contribution in [-0.2, 0) is 11.3 Å². The maximum Gasteiger partial charge on any atom is 0.337 e. The molecule has 0 aliphatic carbocycles. The number of nitrogens with zero attached hydrogens (tertiary/aromatic N) is 2. The van der Waals surface area contributed by atoms with Crippen LogP contribution in [0, 0.1) is 0 Å². The van der Waals surface area contributed by atoms with Crippen LogP contribution in [0.3, 0.4) is 0 Å². The molecule has 3 aromatic rings. The number of fused-ring (bicyclic) bond motifs is 1. The topological polar surface area (TPSA) is 61.2 Å². The Kier molecular flexibility index (Phi) is 5.64. The minimum atomic E-state index is -0.460. The van der Waals surface area contributed by atoms with Crippen LogP contribution >= 0.6 is 23.4 Å². The van der Waals surface area contributed by atoms with Crippen molar-refractivity contribution in [2.75, 3.05) is 12.9 Å². The highest BCUT2D eigenvalue weighted by Crippen LogP contribution is 2.22. The molecule has 1 heterocycles. The van der Waals surface area contributed by atoms with Crippen molar-refractivity contribution in [3.8, 4) is 0 Å². The van der Waals surface area contributed by atoms with E-state index in [9.17, 15) is 9.59 Å². The van der Waals surface area contributed by atoms with Crippen LogP contribution in [0.5, 0.6) is 0 Å². The Morgan fingerprint density at radius 1 is 1.27 bits per heavy atom. The highest BCUT2D eigenvalue weighted by molar-refractivity contribution is 7.99. The molecule has 7 heteroatoms. The lowest BCUT2D eigenvalue weighted by molar-refractivity contribution is 0.0601. The van der Waals surface area contributed by atoms with Crippen molar-refractivity contribution < 1.29 is 9.53 Å². The summed E-state index contributed by atoms with van der Waals surface area (Å²) in [7, 11) is 1.32. The van der Waals surface area contributed by atoms with Gasteiger partial charge in [-0.15, -0.1) is 0 Å². The van der Waals surface area contributed by atoms with Crippen LogP contribution in [0.1, 0.15) is 22.8 Å². The minimum Gasteiger partial charge on any atom is -0.465 e. The number of rotatable bonds is 5. The third-order valence-electron chi connectivity index (χ3n) is 3.90. The van der Waals surface area contributed by atoms with Gasteiger partial charge in [0.1, 0.15) is 0 Å². The quantitative estimate of drug-likeness (QED) is 0.375. The number of hydrogen-bond donors (Lipinski definition) is 0. The molecule has 0 bridgehead atoms. The smallest absolute Gasteiger partial charge is 0.337 e. The number of carbonyl (C=O) groups is 1. The third kappa shape index (κ3) is 3.61. The Morgan fingerprint density at radius 2 is 2.04 bits per heavy atom. The highest BCUT2D eigenvalue weighted by atomic mass is 35.5. The second-order valence-corrected chi connectivity index (χ2v) is 7.17. The Labute approximate surface area is 160 Å². The number of carbonyl (C=O) groups excluding carboxylic acids is 1. The van der Waals surface area contributed by atoms with E-state index in [2.05, 4.69) is 4.98 Å². The van der Waals surface area contributed by atoms with Gasteiger partial charge in [-0.3, -0.25) is 9.36 Å². The lowest BCUT2D eigenvalue weighted by atomic mass is 10.1. The summed E-state index contributed by atoms with van der Waals surface area (Å²) in [4.78, 5) is 29.4. The fraction of sp³-hybridized carbons (Fsp3) is 0.211. The Hall–Kier alpha value is -2.31. The van der Waals surface area contributed by atoms with E-state index >= 15 is 0 Å². The van der Waals surface area contributed by atoms with Crippen molar-refractivity contribution in [1.29, 1.82) is 0 Å². The monoisotopic (exact) mass is 388 g/mol. The number of aromatic nitrogens is 2. The van der Waals surface area contributed by atoms with Crippen LogP contribution in [0.4, 0.5) is 0 Å². The lowest BCUT2D eigenvalue weighted by Crippen LogP contribution is -2.24. The number of benzene rings is 2. The fourth-order valence-corrected chi connectivity index (χ4v) is 3.54. The van der Waals surface area contributed by atoms with E-state index in [1.54, 1.807) is 28.8 Å². The summed E-state index contributed by atoms with van der Waals surface area (Å²) in [5, 5.41) is 1.64. The van der Waals surface area contributed by atoms with Crippen LogP contribution in [0.2, 0.25) is 5.02 Å². The average Bonchev–Trinajstić information content (AvgIpc) is 2.65. The van der Waals surface area contributed by atoms with Gasteiger partial charge in [0.2, 0.25) is 0 Å². The standard InChI is InChI=1S/C19H17ClN2O3S/c1-3-26-19-21-16-10-12(18(24)25-2)8-9-14(16)17(23)22(19)11-13-6-4-5-7-15(13)20/h4-10H,3,11H2,1-2H3. The molecule has 0 saturated carbocycles. The summed E-state index contributed by atoms with van der Waals surface area (Å²) >= 11 is 7.72. The third-order valence-corrected chi connectivity index (χ3v) is 5.13. The zero-order valence-corrected chi connectivity index (χ0v) is 15.9. The van der Waals surface area contributed by atoms with Gasteiger partial charge in [-0.05, 0) is 35.6 Å². The first-order chi connectivity index (χ1) is 12.5. The molecule has 0 unspecified atom stereocenters. The van der Waals surface area contributed by atoms with E-state index in [0.717, 1.165) is 11.3 Å². The predicted octanol–water partition coefficient (Wildman–Crippen LogP) is 4.00. The molecule has 134 valence electrons. The van der Waals surface area contributed by atoms with Gasteiger partial charge in [-0.1, -0.05) is 48.5 Å². The summed E-state index contributed by atoms with van der Waals surface area (Å²) < 4.78 is 6.36. The zero-order chi connectivity index (χ0) is 18.7. The van der Waals surface area contributed by atoms with Crippen molar-refractivity contribution in [2.45, 2.75) is 18.6 Å². The molecule has 3 rings (SSSR count). The number of esters is 1. The zero-order valence-electron chi connectivity index (χ0n) is 14.4. The number of halogens is 1. The van der Waals surface area contributed by atoms with E-state index < -0.39 is 5.97 Å². The molecule has 0 aliphatic heterocycles. The first kappa shape index (κ1) is 18.5. The van der Waals surface area contributed by atoms with Crippen LogP contribution < -0.4 is 5.56 Å². The minimum absolute atomic E-state index is 0.165. The first-order valence-electron chi connectivity index (χ1n) is 8.04. The largest absolute Gasteiger partial charge is 0.465 e. The van der Waals surface area contributed by atoms with E-state index in [-0.39, 0.29) is 5.56 Å². The summed E-state index contributed by atoms with van der Waals surface area (Å²) in [5.41, 5.74) is 1.52. The summed E-state index contributed by atoms with van der Waals surface area (Å²) in [6.07, 6.45) is 0. The molecule has 0 amide bonds. The molecular formula is C19H17ClN2O3S. The second kappa shape index (κ2) is 7.93. The van der Waals surface area contributed by atoms with Gasteiger partial charge in [0.25, 0.3) is 5.56 Å². The highest BCUT2D eigenvalue weighted by Gasteiger charge is 2.15. The number of thioether (sulfide) groups is 1. The second-order valence-electron chi connectivity index (χ2n) is 5.53. The van der Waals surface area contributed by atoms with Crippen molar-refractivity contribution in [2.24, 2.45) is 0 Å². The molecule has 0 atom stereocenters. The molecule has 0 saturated heterocycles. The van der Waals surface area contributed by atoms with Gasteiger partial charge < -0.3 is 4.74 Å². The van der Waals surface area contributed by atoms with E-state index in [4.69, 9.17) is 16.3 Å². The van der Waals surface area contributed by atoms with Crippen molar-refractivity contribution in [1.82, 2.24) is 9.55 Å². The molecule has 1 aromatic heterocycles. The molecule has 26 heavy (non-hydrogen) atoms. The Morgan fingerprint density at radius 3 is 2.73 bits per heavy atom. The number of methoxy groups -OCH3 is 1. The van der Waals surface area contributed by atoms with Crippen LogP contribution in [0.15, 0.2) is 52.4 Å². The molecule has 0 fully saturated rings. The molecule has 2 aromatic carbocycles. The van der Waals surface area contributed by atoms with Gasteiger partial charge in [0.05, 0.1) is 30.1 Å². The van der Waals surface area contributed by atoms with Gasteiger partial charge in [-0.2, -0.15) is 0 Å². The predicted molar refractivity (Wildman–Crippen MR) is 104 cm³/mol. The fourth-order valence-electron chi connectivity index (χ4n) is 2.62. The average molecular weight is 389 g/mol. The normalized spacial score (nSPS) is 10.9. The first-order valence-corrected chi connectivity index (χ1v) is 9.40. The number of ether oxygens (including phenoxy) is 1. The lowest BCUT2D eigenvalue weighted by Gasteiger charge is -2.14. The summed E-state index contributed by atoms with van der Waals surface area (Å²) in [6.45, 7) is 2.33. The molecule has 5 nitrogen and oxygen atoms in total. The van der Waals surface area contributed by atoms with Gasteiger partial charge in [0.15, 0.2) is 5.16 Å². The van der Waals surface area contributed by atoms with Crippen molar-refractivity contribution in [3.63, 3.8) is 0 Å². The van der Waals surface area contributed by atoms with Gasteiger partial charge in [-0.25, -0.2) is 9.78 Å². The summed E-state index contributed by atoms with van der Waals surface area (Å²) in [6, 6.07) is 12.2. The SMILES string of the molecule is CCSc1nc2cc(C(=O)OC)ccc2c(=O)n1Cc1ccccc1Cl. The molecular weight excluding hydrogens is 372 g/mol. The van der Waals surface area contributed by atoms with Gasteiger partial charge >= 0.3 is 5.97 Å². The molecule has 0 aliphatic rings. The van der Waals surface area contributed by atoms with E-state index in [1.807, 2.05) is 25.1 Å². The van der Waals surface area contributed by atoms with E-state index in [0.29, 0.717) is 33.2 Å². The summed E-state index contributed by atoms with van der Waals surface area (Å²) in [5.74, 6) is 0.301. The molecule has 0 radical (unpaired) electrons. The van der Waals surface area contributed by atoms with Gasteiger partial charge in [0, 0.05) is 5.02 Å². The maximum absolute atomic E-state index is 13.0. The number of hydrogen-bond acceptors (Lipinski definition) is 5. The van der Waals surface area contributed by atoms with Crippen LogP contribution in [0.25, 0.3) is 10.9 Å². The molecule has 0 N–H and O–H groups in total. The van der Waals surface area contributed by atoms with Crippen molar-refractivity contribution >= 4 is 40.2 Å². The Bertz CT molecular complexity index is 1030. The maximum atomic E-state index is 13.0. The van der Waals surface area contributed by atoms with Crippen molar-refractivity contribution in [3.05, 3.63) is 69.0 Å². The Balaban J connectivity index is 2.17. The van der Waals surface area contributed by atoms with Crippen LogP contribution in [-0.4, -0.2) is 28.4 Å². The molecule has 0 spiro atoms.